The number of nitrogens with two attached hydrogens (primary N) is 1. The molecule has 0 spiro atoms. The van der Waals surface area contributed by atoms with Crippen molar-refractivity contribution in [3.05, 3.63) is 51.6 Å². The van der Waals surface area contributed by atoms with E-state index in [-0.39, 0.29) is 23.9 Å². The lowest BCUT2D eigenvalue weighted by molar-refractivity contribution is 0.0940. The number of halogens is 1. The molecule has 4 rings (SSSR count). The van der Waals surface area contributed by atoms with Gasteiger partial charge in [-0.05, 0) is 38.0 Å². The van der Waals surface area contributed by atoms with E-state index < -0.39 is 0 Å². The first-order valence-corrected chi connectivity index (χ1v) is 11.4. The fourth-order valence-electron chi connectivity index (χ4n) is 3.41. The van der Waals surface area contributed by atoms with Crippen molar-refractivity contribution in [2.45, 2.75) is 45.7 Å². The Bertz CT molecular complexity index is 1230. The van der Waals surface area contributed by atoms with Crippen LogP contribution in [0.5, 0.6) is 0 Å². The van der Waals surface area contributed by atoms with Gasteiger partial charge in [-0.2, -0.15) is 10.1 Å². The molecule has 10 heteroatoms. The summed E-state index contributed by atoms with van der Waals surface area (Å²) in [6, 6.07) is 5.88. The summed E-state index contributed by atoms with van der Waals surface area (Å²) in [5.41, 5.74) is 8.32. The van der Waals surface area contributed by atoms with Gasteiger partial charge < -0.3 is 11.1 Å². The van der Waals surface area contributed by atoms with E-state index in [1.807, 2.05) is 49.1 Å². The Balaban J connectivity index is 1.74. The predicted molar refractivity (Wildman–Crippen MR) is 124 cm³/mol. The number of amides is 1. The van der Waals surface area contributed by atoms with Crippen LogP contribution in [0.4, 0.5) is 5.95 Å². The molecule has 0 saturated carbocycles. The molecule has 0 bridgehead atoms. The average Bonchev–Trinajstić information content (AvgIpc) is 3.47. The minimum atomic E-state index is -0.208. The third kappa shape index (κ3) is 4.28. The molecule has 162 valence electrons. The third-order valence-corrected chi connectivity index (χ3v) is 6.58. The molecule has 4 heterocycles. The number of nitrogens with one attached hydrogen (secondary N) is 1. The maximum Gasteiger partial charge on any atom is 0.255 e. The van der Waals surface area contributed by atoms with Crippen LogP contribution in [0.25, 0.3) is 16.8 Å². The molecular weight excluding hydrogens is 434 g/mol. The summed E-state index contributed by atoms with van der Waals surface area (Å²) in [4.78, 5) is 18.3. The van der Waals surface area contributed by atoms with E-state index in [0.29, 0.717) is 11.2 Å². The van der Waals surface area contributed by atoms with Gasteiger partial charge in [-0.3, -0.25) is 9.48 Å². The second-order valence-electron chi connectivity index (χ2n) is 7.44. The molecule has 0 fully saturated rings. The minimum absolute atomic E-state index is 0.0437. The largest absolute Gasteiger partial charge is 0.366 e. The van der Waals surface area contributed by atoms with Crippen LogP contribution in [0.1, 0.15) is 54.9 Å². The molecule has 4 aromatic heterocycles. The van der Waals surface area contributed by atoms with Crippen molar-refractivity contribution in [1.29, 1.82) is 0 Å². The van der Waals surface area contributed by atoms with Crippen LogP contribution in [-0.4, -0.2) is 36.3 Å². The van der Waals surface area contributed by atoms with Crippen molar-refractivity contribution in [3.8, 4) is 11.1 Å². The molecule has 8 nitrogen and oxygen atoms in total. The second-order valence-corrected chi connectivity index (χ2v) is 9.18. The summed E-state index contributed by atoms with van der Waals surface area (Å²) in [5.74, 6) is -0.0910. The number of carbonyl (C=O) groups is 1. The first-order chi connectivity index (χ1) is 14.9. The zero-order chi connectivity index (χ0) is 22.1. The van der Waals surface area contributed by atoms with Crippen LogP contribution < -0.4 is 11.1 Å². The van der Waals surface area contributed by atoms with Gasteiger partial charge in [-0.1, -0.05) is 25.4 Å². The number of pyridine rings is 1. The molecule has 2 atom stereocenters. The van der Waals surface area contributed by atoms with Gasteiger partial charge in [0.1, 0.15) is 0 Å². The molecule has 0 radical (unpaired) electrons. The van der Waals surface area contributed by atoms with Gasteiger partial charge in [0.05, 0.1) is 22.1 Å². The maximum atomic E-state index is 12.9. The lowest BCUT2D eigenvalue weighted by Gasteiger charge is -2.14. The first-order valence-electron chi connectivity index (χ1n) is 10.2. The van der Waals surface area contributed by atoms with Crippen LogP contribution in [0, 0.1) is 0 Å². The normalized spacial score (nSPS) is 13.4. The Hall–Kier alpha value is -2.91. The van der Waals surface area contributed by atoms with E-state index >= 15 is 0 Å². The summed E-state index contributed by atoms with van der Waals surface area (Å²) in [6.07, 6.45) is 7.27. The summed E-state index contributed by atoms with van der Waals surface area (Å²) >= 11 is 7.68. The van der Waals surface area contributed by atoms with Crippen molar-refractivity contribution in [1.82, 2.24) is 29.7 Å². The second kappa shape index (κ2) is 8.68. The fraction of sp³-hybridized carbons (Fsp3) is 0.333. The highest BCUT2D eigenvalue weighted by Gasteiger charge is 2.20. The smallest absolute Gasteiger partial charge is 0.255 e. The summed E-state index contributed by atoms with van der Waals surface area (Å²) in [6.45, 7) is 6.09. The van der Waals surface area contributed by atoms with Gasteiger partial charge in [0.25, 0.3) is 5.91 Å². The van der Waals surface area contributed by atoms with Gasteiger partial charge in [-0.25, -0.2) is 4.52 Å². The highest BCUT2D eigenvalue weighted by atomic mass is 35.5. The minimum Gasteiger partial charge on any atom is -0.366 e. The molecule has 1 unspecified atom stereocenters. The molecule has 1 amide bonds. The average molecular weight is 458 g/mol. The van der Waals surface area contributed by atoms with E-state index in [2.05, 4.69) is 27.4 Å². The van der Waals surface area contributed by atoms with Crippen molar-refractivity contribution in [2.75, 3.05) is 5.73 Å². The summed E-state index contributed by atoms with van der Waals surface area (Å²) in [7, 11) is 0. The number of nitrogen functional groups attached to an aromatic ring is 1. The number of hydrogen-bond acceptors (Lipinski definition) is 6. The quantitative estimate of drug-likeness (QED) is 0.427. The van der Waals surface area contributed by atoms with E-state index in [1.54, 1.807) is 22.0 Å². The standard InChI is InChI=1S/C21H24ClN7OS/c1-4-12(3)25-20(30)15-8-13(10-29-19(15)26-21(23)27-29)14-9-24-28(11-14)16(5-2)17-6-7-18(22)31-17/h6-12,16H,4-5H2,1-3H3,(H2,23,27)(H,25,30)/t12-,16?/m0/s1. The van der Waals surface area contributed by atoms with Crippen LogP contribution in [0.2, 0.25) is 4.34 Å². The lowest BCUT2D eigenvalue weighted by atomic mass is 10.1. The molecule has 0 aliphatic rings. The Morgan fingerprint density at radius 1 is 1.26 bits per heavy atom. The molecule has 4 aromatic rings. The number of aromatic nitrogens is 5. The molecule has 0 aliphatic carbocycles. The van der Waals surface area contributed by atoms with Crippen LogP contribution >= 0.6 is 22.9 Å². The Morgan fingerprint density at radius 2 is 2.06 bits per heavy atom. The highest BCUT2D eigenvalue weighted by molar-refractivity contribution is 7.16. The number of carbonyl (C=O) groups excluding carboxylic acids is 1. The van der Waals surface area contributed by atoms with Crippen LogP contribution in [0.3, 0.4) is 0 Å². The Morgan fingerprint density at radius 3 is 2.74 bits per heavy atom. The number of thiophene rings is 1. The van der Waals surface area contributed by atoms with Gasteiger partial charge in [0.15, 0.2) is 5.65 Å². The van der Waals surface area contributed by atoms with Gasteiger partial charge in [-0.15, -0.1) is 16.4 Å². The molecular formula is C21H24ClN7OS. The molecule has 0 saturated heterocycles. The summed E-state index contributed by atoms with van der Waals surface area (Å²) in [5, 5.41) is 11.8. The van der Waals surface area contributed by atoms with Crippen molar-refractivity contribution in [2.24, 2.45) is 0 Å². The fourth-order valence-corrected chi connectivity index (χ4v) is 4.65. The predicted octanol–water partition coefficient (Wildman–Crippen LogP) is 4.42. The van der Waals surface area contributed by atoms with E-state index in [4.69, 9.17) is 17.3 Å². The first kappa shape index (κ1) is 21.3. The zero-order valence-corrected chi connectivity index (χ0v) is 19.1. The number of anilines is 1. The van der Waals surface area contributed by atoms with Crippen LogP contribution in [0.15, 0.2) is 36.8 Å². The monoisotopic (exact) mass is 457 g/mol. The SMILES string of the molecule is CCC(c1ccc(Cl)s1)n1cc(-c2cc(C(=O)N[C@@H](C)CC)c3nc(N)nn3c2)cn1. The van der Waals surface area contributed by atoms with E-state index in [9.17, 15) is 4.79 Å². The van der Waals surface area contributed by atoms with E-state index in [1.165, 1.54) is 0 Å². The number of hydrogen-bond donors (Lipinski definition) is 2. The van der Waals surface area contributed by atoms with Gasteiger partial charge in [0, 0.05) is 34.4 Å². The van der Waals surface area contributed by atoms with Gasteiger partial charge >= 0.3 is 0 Å². The zero-order valence-electron chi connectivity index (χ0n) is 17.5. The lowest BCUT2D eigenvalue weighted by Crippen LogP contribution is -2.32. The molecule has 31 heavy (non-hydrogen) atoms. The Kier molecular flexibility index (Phi) is 5.97. The highest BCUT2D eigenvalue weighted by Crippen LogP contribution is 2.32. The van der Waals surface area contributed by atoms with Gasteiger partial charge in [0.2, 0.25) is 5.95 Å². The third-order valence-electron chi connectivity index (χ3n) is 5.25. The number of rotatable bonds is 7. The number of nitrogens with zero attached hydrogens (tertiary/aromatic N) is 5. The molecule has 0 aliphatic heterocycles. The summed E-state index contributed by atoms with van der Waals surface area (Å²) < 4.78 is 4.23. The van der Waals surface area contributed by atoms with Crippen molar-refractivity contribution in [3.63, 3.8) is 0 Å². The van der Waals surface area contributed by atoms with Crippen molar-refractivity contribution >= 4 is 40.4 Å². The Labute approximate surface area is 189 Å². The topological polar surface area (TPSA) is 103 Å². The van der Waals surface area contributed by atoms with E-state index in [0.717, 1.165) is 33.2 Å². The molecule has 0 aromatic carbocycles. The van der Waals surface area contributed by atoms with Crippen LogP contribution in [-0.2, 0) is 0 Å². The molecule has 3 N–H and O–H groups in total. The maximum absolute atomic E-state index is 12.9. The van der Waals surface area contributed by atoms with Crippen molar-refractivity contribution < 1.29 is 4.79 Å². The number of fused-ring (bicyclic) bond motifs is 1.